The first-order valence-corrected chi connectivity index (χ1v) is 11.8. The van der Waals surface area contributed by atoms with Gasteiger partial charge in [-0.2, -0.15) is 0 Å². The molecule has 0 radical (unpaired) electrons. The van der Waals surface area contributed by atoms with E-state index in [0.29, 0.717) is 38.9 Å². The van der Waals surface area contributed by atoms with Crippen LogP contribution in [0.4, 0.5) is 14.6 Å². The van der Waals surface area contributed by atoms with Gasteiger partial charge in [0.25, 0.3) is 5.91 Å². The van der Waals surface area contributed by atoms with Crippen molar-refractivity contribution in [1.82, 2.24) is 15.3 Å². The molecule has 178 valence electrons. The first-order valence-electron chi connectivity index (χ1n) is 10.7. The number of nitrogens with one attached hydrogen (secondary N) is 1. The van der Waals surface area contributed by atoms with Crippen LogP contribution in [0.1, 0.15) is 52.8 Å². The molecule has 4 rings (SSSR count). The van der Waals surface area contributed by atoms with Crippen LogP contribution in [0.15, 0.2) is 42.6 Å². The summed E-state index contributed by atoms with van der Waals surface area (Å²) in [6.45, 7) is -0.486. The molecule has 0 saturated heterocycles. The summed E-state index contributed by atoms with van der Waals surface area (Å²) < 4.78 is 29.3. The highest BCUT2D eigenvalue weighted by atomic mass is 127. The molecular formula is C24H23F2IN4O3. The van der Waals surface area contributed by atoms with E-state index in [-0.39, 0.29) is 23.4 Å². The minimum absolute atomic E-state index is 0.0537. The molecule has 10 heteroatoms. The van der Waals surface area contributed by atoms with Crippen molar-refractivity contribution < 1.29 is 23.8 Å². The Kier molecular flexibility index (Phi) is 7.39. The van der Waals surface area contributed by atoms with Gasteiger partial charge in [0.2, 0.25) is 0 Å². The molecule has 7 nitrogen and oxygen atoms in total. The van der Waals surface area contributed by atoms with Crippen LogP contribution in [0.2, 0.25) is 0 Å². The average Bonchev–Trinajstić information content (AvgIpc) is 3.23. The van der Waals surface area contributed by atoms with Gasteiger partial charge in [0, 0.05) is 15.1 Å². The Labute approximate surface area is 208 Å². The Morgan fingerprint density at radius 1 is 1.24 bits per heavy atom. The molecular weight excluding hydrogens is 557 g/mol. The maximum atomic E-state index is 14.9. The van der Waals surface area contributed by atoms with E-state index in [2.05, 4.69) is 15.3 Å². The third-order valence-corrected chi connectivity index (χ3v) is 6.53. The molecule has 5 N–H and O–H groups in total. The molecule has 3 aromatic rings. The molecule has 1 fully saturated rings. The largest absolute Gasteiger partial charge is 0.394 e. The number of rotatable bonds is 6. The summed E-state index contributed by atoms with van der Waals surface area (Å²) in [6.07, 6.45) is 3.25. The van der Waals surface area contributed by atoms with E-state index < -0.39 is 30.2 Å². The van der Waals surface area contributed by atoms with Gasteiger partial charge in [0.15, 0.2) is 0 Å². The predicted molar refractivity (Wildman–Crippen MR) is 131 cm³/mol. The van der Waals surface area contributed by atoms with Crippen molar-refractivity contribution in [2.75, 3.05) is 12.3 Å². The van der Waals surface area contributed by atoms with Crippen molar-refractivity contribution in [2.24, 2.45) is 0 Å². The smallest absolute Gasteiger partial charge is 0.254 e. The Morgan fingerprint density at radius 3 is 2.68 bits per heavy atom. The van der Waals surface area contributed by atoms with Crippen molar-refractivity contribution in [3.05, 3.63) is 74.6 Å². The molecule has 1 aliphatic carbocycles. The summed E-state index contributed by atoms with van der Waals surface area (Å²) in [4.78, 5) is 21.5. The van der Waals surface area contributed by atoms with Crippen LogP contribution in [0.5, 0.6) is 0 Å². The summed E-state index contributed by atoms with van der Waals surface area (Å²) in [5, 5.41) is 22.0. The van der Waals surface area contributed by atoms with Crippen LogP contribution in [-0.4, -0.2) is 38.8 Å². The highest BCUT2D eigenvalue weighted by Crippen LogP contribution is 2.35. The number of anilines is 1. The van der Waals surface area contributed by atoms with E-state index in [1.807, 2.05) is 22.6 Å². The lowest BCUT2D eigenvalue weighted by Crippen LogP contribution is -2.31. The number of hydrogen-bond donors (Lipinski definition) is 4. The van der Waals surface area contributed by atoms with Gasteiger partial charge in [-0.1, -0.05) is 6.07 Å². The maximum Gasteiger partial charge on any atom is 0.254 e. The highest BCUT2D eigenvalue weighted by Gasteiger charge is 2.26. The summed E-state index contributed by atoms with van der Waals surface area (Å²) in [7, 11) is 0. The Balaban J connectivity index is 1.57. The summed E-state index contributed by atoms with van der Waals surface area (Å²) in [5.74, 6) is -1.88. The van der Waals surface area contributed by atoms with Crippen LogP contribution < -0.4 is 11.1 Å². The molecule has 1 aromatic heterocycles. The second-order valence-electron chi connectivity index (χ2n) is 8.30. The summed E-state index contributed by atoms with van der Waals surface area (Å²) >= 11 is 1.93. The zero-order chi connectivity index (χ0) is 24.4. The summed E-state index contributed by atoms with van der Waals surface area (Å²) in [5.41, 5.74) is 7.45. The second-order valence-corrected chi connectivity index (χ2v) is 9.54. The maximum absolute atomic E-state index is 14.9. The van der Waals surface area contributed by atoms with Crippen molar-refractivity contribution in [3.8, 4) is 11.3 Å². The van der Waals surface area contributed by atoms with Gasteiger partial charge in [-0.3, -0.25) is 4.79 Å². The molecule has 0 aliphatic heterocycles. The second kappa shape index (κ2) is 10.3. The molecule has 1 heterocycles. The average molecular weight is 580 g/mol. The Bertz CT molecular complexity index is 1210. The first-order chi connectivity index (χ1) is 16.2. The van der Waals surface area contributed by atoms with Crippen LogP contribution in [0, 0.1) is 15.2 Å². The van der Waals surface area contributed by atoms with E-state index in [1.54, 1.807) is 12.3 Å². The lowest BCUT2D eigenvalue weighted by Gasteiger charge is -2.18. The van der Waals surface area contributed by atoms with Crippen LogP contribution >= 0.6 is 22.6 Å². The van der Waals surface area contributed by atoms with Gasteiger partial charge in [-0.05, 0) is 77.7 Å². The van der Waals surface area contributed by atoms with Crippen LogP contribution in [0.3, 0.4) is 0 Å². The standard InChI is InChI=1S/C24H23F2IN4O3/c25-15-5-14(6-16(27)9-15)21(11-32)31-24(34)18-4-2-13(8-19(18)26)22-23(28)29-10-20(30-22)12-1-3-17(33)7-12/h2,4-6,8-10,12,17,21,32-33H,1,3,7,11H2,(H2,28,29)(H,31,34)/t12-,17-,21-/m1/s1. The normalized spacial score (nSPS) is 18.6. The zero-order valence-corrected chi connectivity index (χ0v) is 20.2. The third kappa shape index (κ3) is 5.34. The summed E-state index contributed by atoms with van der Waals surface area (Å²) in [6, 6.07) is 7.22. The minimum atomic E-state index is -0.907. The molecule has 1 amide bonds. The third-order valence-electron chi connectivity index (χ3n) is 5.90. The van der Waals surface area contributed by atoms with E-state index in [1.165, 1.54) is 24.3 Å². The van der Waals surface area contributed by atoms with Crippen molar-refractivity contribution in [2.45, 2.75) is 37.3 Å². The topological polar surface area (TPSA) is 121 Å². The van der Waals surface area contributed by atoms with Gasteiger partial charge in [-0.15, -0.1) is 0 Å². The number of aromatic nitrogens is 2. The fourth-order valence-electron chi connectivity index (χ4n) is 4.14. The van der Waals surface area contributed by atoms with Gasteiger partial charge < -0.3 is 21.3 Å². The number of nitrogens with zero attached hydrogens (tertiary/aromatic N) is 2. The SMILES string of the molecule is Nc1ncc([C@@H]2CC[C@@H](O)C2)nc1-c1ccc(C(=O)N[C@H](CO)c2cc(F)cc(I)c2)c(F)c1. The molecule has 3 atom stereocenters. The number of aliphatic hydroxyl groups excluding tert-OH is 2. The number of amides is 1. The lowest BCUT2D eigenvalue weighted by atomic mass is 10.0. The van der Waals surface area contributed by atoms with Gasteiger partial charge in [0.05, 0.1) is 36.2 Å². The van der Waals surface area contributed by atoms with Crippen molar-refractivity contribution in [1.29, 1.82) is 0 Å². The molecule has 1 aliphatic rings. The molecule has 0 spiro atoms. The number of hydrogen-bond acceptors (Lipinski definition) is 6. The Morgan fingerprint density at radius 2 is 2.03 bits per heavy atom. The fourth-order valence-corrected chi connectivity index (χ4v) is 4.80. The van der Waals surface area contributed by atoms with E-state index in [0.717, 1.165) is 12.5 Å². The van der Waals surface area contributed by atoms with Gasteiger partial charge >= 0.3 is 0 Å². The number of halogens is 3. The quantitative estimate of drug-likeness (QED) is 0.330. The van der Waals surface area contributed by atoms with Crippen LogP contribution in [-0.2, 0) is 0 Å². The molecule has 1 saturated carbocycles. The van der Waals surface area contributed by atoms with Gasteiger partial charge in [-0.25, -0.2) is 18.7 Å². The molecule has 2 aromatic carbocycles. The number of benzene rings is 2. The Hall–Kier alpha value is -2.70. The van der Waals surface area contributed by atoms with E-state index in [4.69, 9.17) is 5.73 Å². The van der Waals surface area contributed by atoms with E-state index in [9.17, 15) is 23.8 Å². The number of aliphatic hydroxyl groups is 2. The lowest BCUT2D eigenvalue weighted by molar-refractivity contribution is 0.0912. The van der Waals surface area contributed by atoms with Gasteiger partial charge in [0.1, 0.15) is 23.1 Å². The number of carbonyl (C=O) groups excluding carboxylic acids is 1. The molecule has 34 heavy (non-hydrogen) atoms. The van der Waals surface area contributed by atoms with Crippen LogP contribution in [0.25, 0.3) is 11.3 Å². The number of nitrogens with two attached hydrogens (primary N) is 1. The minimum Gasteiger partial charge on any atom is -0.394 e. The number of carbonyl (C=O) groups is 1. The van der Waals surface area contributed by atoms with Crippen molar-refractivity contribution in [3.63, 3.8) is 0 Å². The zero-order valence-electron chi connectivity index (χ0n) is 18.0. The molecule has 0 unspecified atom stereocenters. The number of nitrogen functional groups attached to an aromatic ring is 1. The predicted octanol–water partition coefficient (Wildman–Crippen LogP) is 3.70. The van der Waals surface area contributed by atoms with E-state index >= 15 is 0 Å². The van der Waals surface area contributed by atoms with Crippen molar-refractivity contribution >= 4 is 34.3 Å². The highest BCUT2D eigenvalue weighted by molar-refractivity contribution is 14.1. The monoisotopic (exact) mass is 580 g/mol. The fraction of sp³-hybridized carbons (Fsp3) is 0.292. The molecule has 0 bridgehead atoms. The first kappa shape index (κ1) is 24.4.